The highest BCUT2D eigenvalue weighted by atomic mass is 16.1. The lowest BCUT2D eigenvalue weighted by Crippen LogP contribution is -2.09. The molecule has 0 saturated heterocycles. The van der Waals surface area contributed by atoms with Crippen molar-refractivity contribution in [2.45, 2.75) is 13.3 Å². The molecule has 3 nitrogen and oxygen atoms in total. The van der Waals surface area contributed by atoms with E-state index in [-0.39, 0.29) is 5.91 Å². The lowest BCUT2D eigenvalue weighted by Gasteiger charge is -2.07. The number of para-hydroxylation sites is 1. The van der Waals surface area contributed by atoms with Crippen molar-refractivity contribution in [1.82, 2.24) is 4.98 Å². The van der Waals surface area contributed by atoms with Crippen molar-refractivity contribution in [3.05, 3.63) is 60.7 Å². The Hall–Kier alpha value is -2.68. The average Bonchev–Trinajstić information content (AvgIpc) is 2.54. The minimum atomic E-state index is 0.0126. The minimum absolute atomic E-state index is 0.0126. The van der Waals surface area contributed by atoms with Gasteiger partial charge < -0.3 is 5.32 Å². The van der Waals surface area contributed by atoms with Crippen LogP contribution in [0.25, 0.3) is 22.2 Å². The third-order valence-electron chi connectivity index (χ3n) is 3.36. The Morgan fingerprint density at radius 3 is 2.76 bits per heavy atom. The monoisotopic (exact) mass is 276 g/mol. The molecule has 2 aromatic carbocycles. The van der Waals surface area contributed by atoms with Gasteiger partial charge >= 0.3 is 0 Å². The number of carbonyl (C=O) groups is 1. The van der Waals surface area contributed by atoms with Crippen LogP contribution in [-0.4, -0.2) is 10.9 Å². The second-order valence-corrected chi connectivity index (χ2v) is 4.87. The fraction of sp³-hybridized carbons (Fsp3) is 0.111. The molecule has 0 aliphatic carbocycles. The summed E-state index contributed by atoms with van der Waals surface area (Å²) < 4.78 is 0. The molecule has 3 aromatic rings. The van der Waals surface area contributed by atoms with Gasteiger partial charge in [-0.2, -0.15) is 0 Å². The minimum Gasteiger partial charge on any atom is -0.326 e. The number of anilines is 1. The van der Waals surface area contributed by atoms with E-state index < -0.39 is 0 Å². The maximum Gasteiger partial charge on any atom is 0.224 e. The fourth-order valence-corrected chi connectivity index (χ4v) is 2.23. The number of carbonyl (C=O) groups excluding carboxylic acids is 1. The second kappa shape index (κ2) is 5.75. The smallest absolute Gasteiger partial charge is 0.224 e. The summed E-state index contributed by atoms with van der Waals surface area (Å²) in [5.74, 6) is 0.0126. The molecular weight excluding hydrogens is 260 g/mol. The highest BCUT2D eigenvalue weighted by molar-refractivity contribution is 5.91. The van der Waals surface area contributed by atoms with Gasteiger partial charge in [-0.05, 0) is 24.3 Å². The molecule has 0 fully saturated rings. The van der Waals surface area contributed by atoms with Crippen molar-refractivity contribution in [2.24, 2.45) is 0 Å². The van der Waals surface area contributed by atoms with Crippen molar-refractivity contribution in [1.29, 1.82) is 0 Å². The molecule has 0 spiro atoms. The van der Waals surface area contributed by atoms with Crippen LogP contribution in [0.2, 0.25) is 0 Å². The summed E-state index contributed by atoms with van der Waals surface area (Å²) in [6.07, 6.45) is 0.471. The number of nitrogens with zero attached hydrogens (tertiary/aromatic N) is 1. The number of amides is 1. The van der Waals surface area contributed by atoms with Crippen molar-refractivity contribution in [3.8, 4) is 11.3 Å². The molecule has 1 aromatic heterocycles. The van der Waals surface area contributed by atoms with E-state index in [9.17, 15) is 4.79 Å². The summed E-state index contributed by atoms with van der Waals surface area (Å²) in [6.45, 7) is 1.84. The molecule has 104 valence electrons. The number of rotatable bonds is 3. The first kappa shape index (κ1) is 13.3. The van der Waals surface area contributed by atoms with Gasteiger partial charge in [-0.1, -0.05) is 43.3 Å². The van der Waals surface area contributed by atoms with Gasteiger partial charge in [0.2, 0.25) is 5.91 Å². The van der Waals surface area contributed by atoms with Gasteiger partial charge in [0.25, 0.3) is 0 Å². The van der Waals surface area contributed by atoms with E-state index >= 15 is 0 Å². The van der Waals surface area contributed by atoms with Crippen LogP contribution >= 0.6 is 0 Å². The van der Waals surface area contributed by atoms with E-state index in [1.807, 2.05) is 61.5 Å². The third-order valence-corrected chi connectivity index (χ3v) is 3.36. The zero-order valence-electron chi connectivity index (χ0n) is 11.8. The molecule has 3 rings (SSSR count). The first-order valence-electron chi connectivity index (χ1n) is 7.02. The molecule has 0 saturated carbocycles. The van der Waals surface area contributed by atoms with Crippen LogP contribution in [0.1, 0.15) is 13.3 Å². The van der Waals surface area contributed by atoms with Crippen molar-refractivity contribution < 1.29 is 4.79 Å². The predicted molar refractivity (Wildman–Crippen MR) is 86.1 cm³/mol. The molecule has 0 bridgehead atoms. The van der Waals surface area contributed by atoms with Gasteiger partial charge in [0.1, 0.15) is 0 Å². The van der Waals surface area contributed by atoms with Crippen LogP contribution in [0.3, 0.4) is 0 Å². The summed E-state index contributed by atoms with van der Waals surface area (Å²) in [7, 11) is 0. The number of fused-ring (bicyclic) bond motifs is 1. The largest absolute Gasteiger partial charge is 0.326 e. The second-order valence-electron chi connectivity index (χ2n) is 4.87. The number of aromatic nitrogens is 1. The number of nitrogens with one attached hydrogen (secondary N) is 1. The lowest BCUT2D eigenvalue weighted by atomic mass is 10.1. The Labute approximate surface area is 123 Å². The fourth-order valence-electron chi connectivity index (χ4n) is 2.23. The summed E-state index contributed by atoms with van der Waals surface area (Å²) in [4.78, 5) is 16.2. The average molecular weight is 276 g/mol. The molecule has 1 N–H and O–H groups in total. The molecule has 0 aliphatic heterocycles. The molecule has 0 atom stereocenters. The highest BCUT2D eigenvalue weighted by Crippen LogP contribution is 2.23. The van der Waals surface area contributed by atoms with Crippen molar-refractivity contribution in [3.63, 3.8) is 0 Å². The van der Waals surface area contributed by atoms with E-state index in [1.54, 1.807) is 0 Å². The first-order valence-corrected chi connectivity index (χ1v) is 7.02. The van der Waals surface area contributed by atoms with Crippen LogP contribution in [0.4, 0.5) is 5.69 Å². The van der Waals surface area contributed by atoms with Crippen molar-refractivity contribution in [2.75, 3.05) is 5.32 Å². The van der Waals surface area contributed by atoms with E-state index in [2.05, 4.69) is 16.4 Å². The number of pyridine rings is 1. The summed E-state index contributed by atoms with van der Waals surface area (Å²) >= 11 is 0. The Kier molecular flexibility index (Phi) is 3.65. The van der Waals surface area contributed by atoms with E-state index in [0.29, 0.717) is 6.42 Å². The Morgan fingerprint density at radius 1 is 1.05 bits per heavy atom. The van der Waals surface area contributed by atoms with Gasteiger partial charge in [-0.3, -0.25) is 4.79 Å². The molecular formula is C18H16N2O. The zero-order valence-corrected chi connectivity index (χ0v) is 11.8. The van der Waals surface area contributed by atoms with E-state index in [4.69, 9.17) is 0 Å². The zero-order chi connectivity index (χ0) is 14.7. The lowest BCUT2D eigenvalue weighted by molar-refractivity contribution is -0.115. The van der Waals surface area contributed by atoms with Crippen LogP contribution in [0.15, 0.2) is 60.7 Å². The summed E-state index contributed by atoms with van der Waals surface area (Å²) in [6, 6.07) is 19.9. The number of benzene rings is 2. The molecule has 0 radical (unpaired) electrons. The number of hydrogen-bond donors (Lipinski definition) is 1. The summed E-state index contributed by atoms with van der Waals surface area (Å²) in [5, 5.41) is 3.99. The molecule has 1 amide bonds. The topological polar surface area (TPSA) is 42.0 Å². The predicted octanol–water partition coefficient (Wildman–Crippen LogP) is 4.25. The van der Waals surface area contributed by atoms with Gasteiger partial charge in [-0.25, -0.2) is 4.98 Å². The first-order chi connectivity index (χ1) is 10.3. The Balaban J connectivity index is 1.98. The van der Waals surface area contributed by atoms with Gasteiger partial charge in [0.15, 0.2) is 0 Å². The van der Waals surface area contributed by atoms with E-state index in [0.717, 1.165) is 27.8 Å². The molecule has 21 heavy (non-hydrogen) atoms. The van der Waals surface area contributed by atoms with E-state index in [1.165, 1.54) is 0 Å². The summed E-state index contributed by atoms with van der Waals surface area (Å²) in [5.41, 5.74) is 3.67. The number of hydrogen-bond acceptors (Lipinski definition) is 2. The standard InChI is InChI=1S/C18H16N2O/c1-2-18(21)19-15-8-5-7-14(12-15)17-11-10-13-6-3-4-9-16(13)20-17/h3-12H,2H2,1H3,(H,19,21). The van der Waals surface area contributed by atoms with Gasteiger partial charge in [-0.15, -0.1) is 0 Å². The maximum atomic E-state index is 11.5. The third kappa shape index (κ3) is 2.92. The Morgan fingerprint density at radius 2 is 1.90 bits per heavy atom. The highest BCUT2D eigenvalue weighted by Gasteiger charge is 2.04. The van der Waals surface area contributed by atoms with Crippen LogP contribution in [-0.2, 0) is 4.79 Å². The van der Waals surface area contributed by atoms with Crippen LogP contribution < -0.4 is 5.32 Å². The molecule has 0 aliphatic rings. The Bertz CT molecular complexity index is 796. The van der Waals surface area contributed by atoms with Gasteiger partial charge in [0, 0.05) is 23.1 Å². The quantitative estimate of drug-likeness (QED) is 0.777. The van der Waals surface area contributed by atoms with Crippen LogP contribution in [0.5, 0.6) is 0 Å². The van der Waals surface area contributed by atoms with Crippen molar-refractivity contribution >= 4 is 22.5 Å². The maximum absolute atomic E-state index is 11.5. The SMILES string of the molecule is CCC(=O)Nc1cccc(-c2ccc3ccccc3n2)c1. The van der Waals surface area contributed by atoms with Crippen LogP contribution in [0, 0.1) is 0 Å². The molecule has 1 heterocycles. The van der Waals surface area contributed by atoms with Gasteiger partial charge in [0.05, 0.1) is 11.2 Å². The normalized spacial score (nSPS) is 10.5. The molecule has 0 unspecified atom stereocenters. The molecule has 3 heteroatoms.